The molecule has 0 aromatic carbocycles. The van der Waals surface area contributed by atoms with E-state index in [1.807, 2.05) is 0 Å². The monoisotopic (exact) mass is 102 g/mol. The predicted molar refractivity (Wildman–Crippen MR) is 20.0 cm³/mol. The van der Waals surface area contributed by atoms with Crippen molar-refractivity contribution in [2.45, 2.75) is 6.48 Å². The Morgan fingerprint density at radius 2 is 2.57 bits per heavy atom. The molecule has 4 heteroatoms. The third kappa shape index (κ3) is 0.956. The number of ether oxygens (including phenoxy) is 1. The highest BCUT2D eigenvalue weighted by atomic mass is 19.1. The molecule has 1 aliphatic rings. The zero-order chi connectivity index (χ0) is 5.11. The van der Waals surface area contributed by atoms with Gasteiger partial charge in [-0.3, -0.25) is 0 Å². The first-order chi connectivity index (χ1) is 3.39. The summed E-state index contributed by atoms with van der Waals surface area (Å²) in [5, 5.41) is 6.18. The van der Waals surface area contributed by atoms with Crippen molar-refractivity contribution in [3.8, 4) is 0 Å². The minimum absolute atomic E-state index is 1.15. The molecule has 0 saturated heterocycles. The summed E-state index contributed by atoms with van der Waals surface area (Å²) < 4.78 is 15.8. The topological polar surface area (TPSA) is 34.0 Å². The Hall–Kier alpha value is -0.930. The van der Waals surface area contributed by atoms with Crippen LogP contribution < -0.4 is 0 Å². The smallest absolute Gasteiger partial charge is 0.354 e. The molecule has 1 heterocycles. The molecule has 0 saturated carbocycles. The number of hydrogen-bond acceptors (Lipinski definition) is 3. The lowest BCUT2D eigenvalue weighted by molar-refractivity contribution is 0.0208. The molecule has 7 heavy (non-hydrogen) atoms. The van der Waals surface area contributed by atoms with Crippen LogP contribution in [0.2, 0.25) is 0 Å². The molecule has 1 atom stereocenters. The van der Waals surface area contributed by atoms with E-state index in [1.54, 1.807) is 0 Å². The molecule has 0 radical (unpaired) electrons. The number of halogens is 1. The van der Waals surface area contributed by atoms with Gasteiger partial charge < -0.3 is 4.74 Å². The molecule has 3 nitrogen and oxygen atoms in total. The van der Waals surface area contributed by atoms with Crippen LogP contribution in [0.3, 0.4) is 0 Å². The fourth-order valence-corrected chi connectivity index (χ4v) is 0.245. The van der Waals surface area contributed by atoms with E-state index < -0.39 is 6.48 Å². The van der Waals surface area contributed by atoms with Crippen molar-refractivity contribution in [3.05, 3.63) is 12.5 Å². The van der Waals surface area contributed by atoms with Gasteiger partial charge in [0.25, 0.3) is 0 Å². The molecular formula is C3H3FN2O. The Labute approximate surface area is 39.5 Å². The Morgan fingerprint density at radius 1 is 1.71 bits per heavy atom. The summed E-state index contributed by atoms with van der Waals surface area (Å²) in [6.07, 6.45) is 2.42. The fraction of sp³-hybridized carbons (Fsp3) is 0.333. The van der Waals surface area contributed by atoms with Gasteiger partial charge >= 0.3 is 6.48 Å². The summed E-state index contributed by atoms with van der Waals surface area (Å²) in [6, 6.07) is 0. The lowest BCUT2D eigenvalue weighted by Gasteiger charge is -2.00. The molecule has 38 valence electrons. The van der Waals surface area contributed by atoms with Gasteiger partial charge in [-0.05, 0) is 0 Å². The third-order valence-corrected chi connectivity index (χ3v) is 0.476. The largest absolute Gasteiger partial charge is 0.447 e. The number of rotatable bonds is 0. The highest BCUT2D eigenvalue weighted by Gasteiger charge is 2.00. The van der Waals surface area contributed by atoms with Gasteiger partial charge in [-0.2, -0.15) is 9.50 Å². The van der Waals surface area contributed by atoms with E-state index in [1.165, 1.54) is 6.20 Å². The van der Waals surface area contributed by atoms with Crippen molar-refractivity contribution >= 4 is 0 Å². The van der Waals surface area contributed by atoms with Crippen LogP contribution in [-0.4, -0.2) is 6.48 Å². The maximum Gasteiger partial charge on any atom is 0.354 e. The SMILES string of the molecule is FC1N=NC=CO1. The minimum atomic E-state index is -1.59. The average molecular weight is 102 g/mol. The fourth-order valence-electron chi connectivity index (χ4n) is 0.245. The van der Waals surface area contributed by atoms with E-state index in [0.717, 1.165) is 6.26 Å². The molecule has 0 bridgehead atoms. The Balaban J connectivity index is 2.49. The van der Waals surface area contributed by atoms with Gasteiger partial charge in [0.1, 0.15) is 6.26 Å². The summed E-state index contributed by atoms with van der Waals surface area (Å²) in [6.45, 7) is -1.59. The van der Waals surface area contributed by atoms with Crippen LogP contribution in [0.4, 0.5) is 4.39 Å². The van der Waals surface area contributed by atoms with Gasteiger partial charge in [-0.25, -0.2) is 0 Å². The average Bonchev–Trinajstić information content (AvgIpc) is 1.69. The van der Waals surface area contributed by atoms with Gasteiger partial charge in [0.05, 0.1) is 6.20 Å². The standard InChI is InChI=1S/C3H3FN2O/c4-3-6-5-1-2-7-3/h1-3H. The van der Waals surface area contributed by atoms with Crippen molar-refractivity contribution in [1.82, 2.24) is 0 Å². The Bertz CT molecular complexity index is 112. The highest BCUT2D eigenvalue weighted by Crippen LogP contribution is 2.01. The molecule has 0 aromatic heterocycles. The molecule has 1 rings (SSSR count). The summed E-state index contributed by atoms with van der Waals surface area (Å²) in [7, 11) is 0. The van der Waals surface area contributed by atoms with Crippen molar-refractivity contribution in [2.75, 3.05) is 0 Å². The molecule has 0 aliphatic carbocycles. The maximum atomic E-state index is 11.6. The number of azo groups is 1. The van der Waals surface area contributed by atoms with Gasteiger partial charge in [-0.15, -0.1) is 5.11 Å². The van der Waals surface area contributed by atoms with Crippen molar-refractivity contribution in [2.24, 2.45) is 10.2 Å². The Kier molecular flexibility index (Phi) is 1.02. The summed E-state index contributed by atoms with van der Waals surface area (Å²) in [4.78, 5) is 0. The van der Waals surface area contributed by atoms with Crippen LogP contribution in [0, 0.1) is 0 Å². The molecule has 0 spiro atoms. The van der Waals surface area contributed by atoms with Crippen LogP contribution in [-0.2, 0) is 4.74 Å². The zero-order valence-electron chi connectivity index (χ0n) is 3.41. The first-order valence-electron chi connectivity index (χ1n) is 1.74. The van der Waals surface area contributed by atoms with E-state index in [-0.39, 0.29) is 0 Å². The second-order valence-electron chi connectivity index (χ2n) is 0.944. The van der Waals surface area contributed by atoms with E-state index in [2.05, 4.69) is 15.0 Å². The van der Waals surface area contributed by atoms with Crippen molar-refractivity contribution in [1.29, 1.82) is 0 Å². The third-order valence-electron chi connectivity index (χ3n) is 0.476. The predicted octanol–water partition coefficient (Wildman–Crippen LogP) is 1.19. The lowest BCUT2D eigenvalue weighted by Crippen LogP contribution is -1.97. The molecule has 1 aliphatic heterocycles. The van der Waals surface area contributed by atoms with Crippen LogP contribution in [0.25, 0.3) is 0 Å². The van der Waals surface area contributed by atoms with Gasteiger partial charge in [0.2, 0.25) is 0 Å². The summed E-state index contributed by atoms with van der Waals surface area (Å²) in [5.41, 5.74) is 0. The van der Waals surface area contributed by atoms with Gasteiger partial charge in [0.15, 0.2) is 0 Å². The van der Waals surface area contributed by atoms with E-state index in [9.17, 15) is 4.39 Å². The molecule has 0 amide bonds. The Morgan fingerprint density at radius 3 is 2.86 bits per heavy atom. The van der Waals surface area contributed by atoms with E-state index in [0.29, 0.717) is 0 Å². The number of nitrogens with zero attached hydrogens (tertiary/aromatic N) is 2. The zero-order valence-corrected chi connectivity index (χ0v) is 3.41. The molecular weight excluding hydrogens is 99.0 g/mol. The molecule has 0 aromatic rings. The second kappa shape index (κ2) is 1.68. The van der Waals surface area contributed by atoms with Gasteiger partial charge in [0, 0.05) is 0 Å². The normalized spacial score (nSPS) is 27.3. The highest BCUT2D eigenvalue weighted by molar-refractivity contribution is 4.71. The van der Waals surface area contributed by atoms with E-state index >= 15 is 0 Å². The molecule has 1 unspecified atom stereocenters. The summed E-state index contributed by atoms with van der Waals surface area (Å²) in [5.74, 6) is 0. The molecule has 0 N–H and O–H groups in total. The van der Waals surface area contributed by atoms with Crippen molar-refractivity contribution in [3.63, 3.8) is 0 Å². The second-order valence-corrected chi connectivity index (χ2v) is 0.944. The quantitative estimate of drug-likeness (QED) is 0.423. The lowest BCUT2D eigenvalue weighted by atomic mass is 10.9. The van der Waals surface area contributed by atoms with E-state index in [4.69, 9.17) is 0 Å². The first kappa shape index (κ1) is 4.23. The minimum Gasteiger partial charge on any atom is -0.447 e. The first-order valence-corrected chi connectivity index (χ1v) is 1.74. The summed E-state index contributed by atoms with van der Waals surface area (Å²) >= 11 is 0. The maximum absolute atomic E-state index is 11.6. The molecule has 0 fully saturated rings. The van der Waals surface area contributed by atoms with Crippen LogP contribution in [0.1, 0.15) is 0 Å². The van der Waals surface area contributed by atoms with Crippen LogP contribution >= 0.6 is 0 Å². The van der Waals surface area contributed by atoms with Crippen molar-refractivity contribution < 1.29 is 9.13 Å². The van der Waals surface area contributed by atoms with Crippen LogP contribution in [0.5, 0.6) is 0 Å². The number of alkyl halides is 1. The number of hydrogen-bond donors (Lipinski definition) is 0. The van der Waals surface area contributed by atoms with Gasteiger partial charge in [-0.1, -0.05) is 0 Å². The van der Waals surface area contributed by atoms with Crippen LogP contribution in [0.15, 0.2) is 22.7 Å².